The van der Waals surface area contributed by atoms with E-state index in [9.17, 15) is 4.79 Å². The van der Waals surface area contributed by atoms with Gasteiger partial charge in [-0.05, 0) is 50.4 Å². The van der Waals surface area contributed by atoms with Crippen molar-refractivity contribution in [3.8, 4) is 0 Å². The van der Waals surface area contributed by atoms with E-state index in [-0.39, 0.29) is 5.82 Å². The molecule has 0 radical (unpaired) electrons. The van der Waals surface area contributed by atoms with Crippen LogP contribution < -0.4 is 16.4 Å². The number of piperidine rings is 1. The highest BCUT2D eigenvalue weighted by Crippen LogP contribution is 2.30. The lowest BCUT2D eigenvalue weighted by molar-refractivity contribution is 0.100. The van der Waals surface area contributed by atoms with E-state index >= 15 is 0 Å². The highest BCUT2D eigenvalue weighted by molar-refractivity contribution is 7.11. The van der Waals surface area contributed by atoms with Crippen LogP contribution in [0.1, 0.15) is 23.2 Å². The number of anilines is 2. The minimum absolute atomic E-state index is 0.239. The summed E-state index contributed by atoms with van der Waals surface area (Å²) in [5, 5.41) is 0.781. The van der Waals surface area contributed by atoms with Crippen molar-refractivity contribution in [3.05, 3.63) is 5.56 Å². The minimum atomic E-state index is -0.503. The summed E-state index contributed by atoms with van der Waals surface area (Å²) in [7, 11) is 4.12. The second kappa shape index (κ2) is 5.75. The molecule has 2 rings (SSSR count). The molecule has 0 spiro atoms. The van der Waals surface area contributed by atoms with E-state index in [1.54, 1.807) is 0 Å². The van der Waals surface area contributed by atoms with Gasteiger partial charge in [-0.3, -0.25) is 4.79 Å². The summed E-state index contributed by atoms with van der Waals surface area (Å²) in [5.41, 5.74) is 11.4. The number of amides is 1. The first-order valence-corrected chi connectivity index (χ1v) is 7.21. The van der Waals surface area contributed by atoms with E-state index in [0.717, 1.165) is 24.6 Å². The van der Waals surface area contributed by atoms with Crippen LogP contribution in [0.25, 0.3) is 0 Å². The SMILES string of the molecule is CN1CCC(CN(C)c2snc(N)c2C(N)=O)CC1. The maximum atomic E-state index is 11.4. The van der Waals surface area contributed by atoms with Gasteiger partial charge in [-0.15, -0.1) is 0 Å². The van der Waals surface area contributed by atoms with Crippen molar-refractivity contribution >= 4 is 28.3 Å². The molecule has 1 aliphatic rings. The molecule has 0 atom stereocenters. The van der Waals surface area contributed by atoms with Crippen LogP contribution in [0.15, 0.2) is 0 Å². The molecule has 7 heteroatoms. The number of carbonyl (C=O) groups excluding carboxylic acids is 1. The molecule has 6 nitrogen and oxygen atoms in total. The lowest BCUT2D eigenvalue weighted by Crippen LogP contribution is -2.36. The van der Waals surface area contributed by atoms with E-state index in [0.29, 0.717) is 11.5 Å². The molecule has 0 bridgehead atoms. The van der Waals surface area contributed by atoms with Crippen molar-refractivity contribution < 1.29 is 4.79 Å². The Hall–Kier alpha value is -1.34. The first-order valence-electron chi connectivity index (χ1n) is 6.43. The highest BCUT2D eigenvalue weighted by atomic mass is 32.1. The zero-order valence-corrected chi connectivity index (χ0v) is 12.2. The lowest BCUT2D eigenvalue weighted by Gasteiger charge is -2.32. The number of nitrogens with zero attached hydrogens (tertiary/aromatic N) is 3. The van der Waals surface area contributed by atoms with Gasteiger partial charge in [0.1, 0.15) is 10.6 Å². The first-order chi connectivity index (χ1) is 8.99. The van der Waals surface area contributed by atoms with Crippen molar-refractivity contribution in [1.82, 2.24) is 9.27 Å². The molecule has 19 heavy (non-hydrogen) atoms. The third-order valence-electron chi connectivity index (χ3n) is 3.66. The molecule has 0 aromatic carbocycles. The lowest BCUT2D eigenvalue weighted by atomic mass is 9.97. The third-order valence-corrected chi connectivity index (χ3v) is 4.64. The Morgan fingerprint density at radius 1 is 1.53 bits per heavy atom. The first kappa shape index (κ1) is 14.1. The summed E-state index contributed by atoms with van der Waals surface area (Å²) in [4.78, 5) is 15.8. The second-order valence-electron chi connectivity index (χ2n) is 5.24. The Labute approximate surface area is 117 Å². The molecule has 1 saturated heterocycles. The minimum Gasteiger partial charge on any atom is -0.382 e. The van der Waals surface area contributed by atoms with Crippen LogP contribution >= 0.6 is 11.5 Å². The average Bonchev–Trinajstić information content (AvgIpc) is 2.74. The summed E-state index contributed by atoms with van der Waals surface area (Å²) >= 11 is 1.24. The number of nitrogen functional groups attached to an aromatic ring is 1. The molecule has 1 aromatic rings. The maximum Gasteiger partial charge on any atom is 0.255 e. The Morgan fingerprint density at radius 2 is 2.16 bits per heavy atom. The largest absolute Gasteiger partial charge is 0.382 e. The average molecular weight is 283 g/mol. The summed E-state index contributed by atoms with van der Waals surface area (Å²) < 4.78 is 4.03. The van der Waals surface area contributed by atoms with Gasteiger partial charge in [-0.1, -0.05) is 0 Å². The van der Waals surface area contributed by atoms with Crippen molar-refractivity contribution in [2.45, 2.75) is 12.8 Å². The molecule has 1 aromatic heterocycles. The van der Waals surface area contributed by atoms with Gasteiger partial charge in [-0.25, -0.2) is 0 Å². The standard InChI is InChI=1S/C12H21N5OS/c1-16-5-3-8(4-6-16)7-17(2)12-9(11(14)18)10(13)15-19-12/h8H,3-7H2,1-2H3,(H2,13,15)(H2,14,18). The predicted molar refractivity (Wildman–Crippen MR) is 78.5 cm³/mol. The third kappa shape index (κ3) is 3.16. The summed E-state index contributed by atoms with van der Waals surface area (Å²) in [6.45, 7) is 3.17. The number of carbonyl (C=O) groups is 1. The van der Waals surface area contributed by atoms with Crippen LogP contribution in [0.2, 0.25) is 0 Å². The van der Waals surface area contributed by atoms with Crippen LogP contribution in [0.5, 0.6) is 0 Å². The molecular weight excluding hydrogens is 262 g/mol. The van der Waals surface area contributed by atoms with E-state index in [4.69, 9.17) is 11.5 Å². The quantitative estimate of drug-likeness (QED) is 0.845. The number of primary amides is 1. The van der Waals surface area contributed by atoms with Crippen LogP contribution in [-0.4, -0.2) is 48.9 Å². The van der Waals surface area contributed by atoms with Gasteiger partial charge in [-0.2, -0.15) is 4.37 Å². The van der Waals surface area contributed by atoms with Gasteiger partial charge in [0.05, 0.1) is 0 Å². The molecule has 1 fully saturated rings. The number of hydrogen-bond acceptors (Lipinski definition) is 6. The van der Waals surface area contributed by atoms with E-state index < -0.39 is 5.91 Å². The van der Waals surface area contributed by atoms with E-state index in [1.807, 2.05) is 7.05 Å². The normalized spacial score (nSPS) is 17.6. The number of aromatic nitrogens is 1. The molecule has 106 valence electrons. The van der Waals surface area contributed by atoms with Crippen molar-refractivity contribution in [2.24, 2.45) is 11.7 Å². The Kier molecular flexibility index (Phi) is 4.26. The zero-order chi connectivity index (χ0) is 14.0. The van der Waals surface area contributed by atoms with Crippen molar-refractivity contribution in [1.29, 1.82) is 0 Å². The number of rotatable bonds is 4. The van der Waals surface area contributed by atoms with E-state index in [1.165, 1.54) is 24.4 Å². The fourth-order valence-electron chi connectivity index (χ4n) is 2.50. The van der Waals surface area contributed by atoms with Gasteiger partial charge in [0.25, 0.3) is 5.91 Å². The Balaban J connectivity index is 2.04. The van der Waals surface area contributed by atoms with Crippen LogP contribution in [0.4, 0.5) is 10.8 Å². The van der Waals surface area contributed by atoms with Crippen LogP contribution in [-0.2, 0) is 0 Å². The zero-order valence-electron chi connectivity index (χ0n) is 11.4. The van der Waals surface area contributed by atoms with Crippen LogP contribution in [0.3, 0.4) is 0 Å². The number of nitrogens with two attached hydrogens (primary N) is 2. The van der Waals surface area contributed by atoms with E-state index in [2.05, 4.69) is 21.2 Å². The fourth-order valence-corrected chi connectivity index (χ4v) is 3.29. The second-order valence-corrected chi connectivity index (χ2v) is 5.99. The van der Waals surface area contributed by atoms with Gasteiger partial charge >= 0.3 is 0 Å². The molecule has 0 aliphatic carbocycles. The molecule has 4 N–H and O–H groups in total. The predicted octanol–water partition coefficient (Wildman–Crippen LogP) is 0.602. The van der Waals surface area contributed by atoms with Crippen molar-refractivity contribution in [3.63, 3.8) is 0 Å². The maximum absolute atomic E-state index is 11.4. The number of hydrogen-bond donors (Lipinski definition) is 2. The van der Waals surface area contributed by atoms with Gasteiger partial charge in [0, 0.05) is 13.6 Å². The Morgan fingerprint density at radius 3 is 2.74 bits per heavy atom. The molecule has 0 saturated carbocycles. The monoisotopic (exact) mass is 283 g/mol. The highest BCUT2D eigenvalue weighted by Gasteiger charge is 2.23. The van der Waals surface area contributed by atoms with Crippen molar-refractivity contribution in [2.75, 3.05) is 44.4 Å². The molecule has 1 aliphatic heterocycles. The fraction of sp³-hybridized carbons (Fsp3) is 0.667. The topological polar surface area (TPSA) is 88.5 Å². The summed E-state index contributed by atoms with van der Waals surface area (Å²) in [5.74, 6) is 0.379. The van der Waals surface area contributed by atoms with Crippen LogP contribution in [0, 0.1) is 5.92 Å². The molecular formula is C12H21N5OS. The van der Waals surface area contributed by atoms with Gasteiger partial charge in [0.15, 0.2) is 5.82 Å². The molecule has 0 unspecified atom stereocenters. The smallest absolute Gasteiger partial charge is 0.255 e. The summed E-state index contributed by atoms with van der Waals surface area (Å²) in [6.07, 6.45) is 2.36. The van der Waals surface area contributed by atoms with Gasteiger partial charge < -0.3 is 21.3 Å². The molecule has 2 heterocycles. The van der Waals surface area contributed by atoms with Gasteiger partial charge in [0.2, 0.25) is 0 Å². The molecule has 1 amide bonds. The summed E-state index contributed by atoms with van der Waals surface area (Å²) in [6, 6.07) is 0. The number of likely N-dealkylation sites (tertiary alicyclic amines) is 1. The Bertz CT molecular complexity index is 453.